The number of hydrogen-bond acceptors (Lipinski definition) is 3. The van der Waals surface area contributed by atoms with E-state index in [1.165, 1.54) is 5.57 Å². The van der Waals surface area contributed by atoms with Crippen LogP contribution in [0, 0.1) is 5.92 Å². The van der Waals surface area contributed by atoms with E-state index in [1.54, 1.807) is 13.2 Å². The van der Waals surface area contributed by atoms with Crippen molar-refractivity contribution in [2.24, 2.45) is 5.92 Å². The summed E-state index contributed by atoms with van der Waals surface area (Å²) in [4.78, 5) is 0. The minimum atomic E-state index is 0.525. The molecule has 1 aromatic carbocycles. The van der Waals surface area contributed by atoms with Crippen LogP contribution in [-0.2, 0) is 6.54 Å². The van der Waals surface area contributed by atoms with E-state index in [4.69, 9.17) is 21.1 Å². The van der Waals surface area contributed by atoms with Gasteiger partial charge >= 0.3 is 0 Å². The van der Waals surface area contributed by atoms with E-state index in [1.807, 2.05) is 26.0 Å². The lowest BCUT2D eigenvalue weighted by Crippen LogP contribution is -2.19. The summed E-state index contributed by atoms with van der Waals surface area (Å²) in [5.41, 5.74) is 2.24. The number of nitrogens with one attached hydrogen (secondary N) is 1. The van der Waals surface area contributed by atoms with E-state index in [2.05, 4.69) is 19.2 Å². The van der Waals surface area contributed by atoms with Crippen LogP contribution >= 0.6 is 11.6 Å². The minimum absolute atomic E-state index is 0.525. The van der Waals surface area contributed by atoms with E-state index < -0.39 is 0 Å². The summed E-state index contributed by atoms with van der Waals surface area (Å²) >= 11 is 6.15. The molecule has 0 heterocycles. The van der Waals surface area contributed by atoms with Gasteiger partial charge in [-0.05, 0) is 38.5 Å². The molecular weight excluding hydrogens is 286 g/mol. The van der Waals surface area contributed by atoms with Gasteiger partial charge < -0.3 is 14.8 Å². The molecule has 118 valence electrons. The molecule has 0 aliphatic heterocycles. The molecule has 0 amide bonds. The summed E-state index contributed by atoms with van der Waals surface area (Å²) in [7, 11) is 1.63. The van der Waals surface area contributed by atoms with Crippen LogP contribution in [0.25, 0.3) is 0 Å². The molecule has 0 unspecified atom stereocenters. The Morgan fingerprint density at radius 1 is 1.33 bits per heavy atom. The van der Waals surface area contributed by atoms with Crippen molar-refractivity contribution in [2.75, 3.05) is 20.3 Å². The Kier molecular flexibility index (Phi) is 7.62. The highest BCUT2D eigenvalue weighted by molar-refractivity contribution is 6.30. The van der Waals surface area contributed by atoms with Gasteiger partial charge in [-0.15, -0.1) is 0 Å². The summed E-state index contributed by atoms with van der Waals surface area (Å²) in [5.74, 6) is 2.03. The number of methoxy groups -OCH3 is 1. The normalized spacial score (nSPS) is 10.6. The highest BCUT2D eigenvalue weighted by atomic mass is 35.5. The van der Waals surface area contributed by atoms with Crippen LogP contribution < -0.4 is 14.8 Å². The molecule has 0 saturated heterocycles. The first-order valence-electron chi connectivity index (χ1n) is 7.27. The van der Waals surface area contributed by atoms with Crippen LogP contribution in [-0.4, -0.2) is 20.3 Å². The van der Waals surface area contributed by atoms with Crippen LogP contribution in [0.2, 0.25) is 5.02 Å². The smallest absolute Gasteiger partial charge is 0.166 e. The van der Waals surface area contributed by atoms with E-state index in [9.17, 15) is 0 Å². The largest absolute Gasteiger partial charge is 0.493 e. The number of halogens is 1. The molecule has 0 aliphatic rings. The predicted molar refractivity (Wildman–Crippen MR) is 89.5 cm³/mol. The first kappa shape index (κ1) is 17.9. The van der Waals surface area contributed by atoms with Gasteiger partial charge in [0.2, 0.25) is 0 Å². The molecule has 1 rings (SSSR count). The van der Waals surface area contributed by atoms with E-state index in [0.29, 0.717) is 29.8 Å². The fourth-order valence-corrected chi connectivity index (χ4v) is 2.09. The highest BCUT2D eigenvalue weighted by Crippen LogP contribution is 2.34. The van der Waals surface area contributed by atoms with Gasteiger partial charge in [0.25, 0.3) is 0 Å². The average Bonchev–Trinajstić information content (AvgIpc) is 2.39. The molecule has 1 N–H and O–H groups in total. The lowest BCUT2D eigenvalue weighted by molar-refractivity contribution is 0.321. The molecule has 0 saturated carbocycles. The first-order valence-corrected chi connectivity index (χ1v) is 7.65. The lowest BCUT2D eigenvalue weighted by Gasteiger charge is -2.16. The molecule has 0 radical (unpaired) electrons. The fraction of sp³-hybridized carbons (Fsp3) is 0.529. The van der Waals surface area contributed by atoms with Crippen LogP contribution in [0.1, 0.15) is 33.3 Å². The van der Waals surface area contributed by atoms with Crippen molar-refractivity contribution < 1.29 is 9.47 Å². The third-order valence-corrected chi connectivity index (χ3v) is 3.12. The van der Waals surface area contributed by atoms with Crippen molar-refractivity contribution >= 4 is 11.6 Å². The molecule has 3 nitrogen and oxygen atoms in total. The zero-order chi connectivity index (χ0) is 15.8. The number of allylic oxidation sites excluding steroid dienone is 1. The topological polar surface area (TPSA) is 30.5 Å². The quantitative estimate of drug-likeness (QED) is 0.720. The van der Waals surface area contributed by atoms with Crippen molar-refractivity contribution in [3.8, 4) is 11.5 Å². The van der Waals surface area contributed by atoms with Gasteiger partial charge in [0.1, 0.15) is 6.61 Å². The Hall–Kier alpha value is -1.19. The predicted octanol–water partition coefficient (Wildman–Crippen LogP) is 4.44. The van der Waals surface area contributed by atoms with Gasteiger partial charge in [-0.2, -0.15) is 0 Å². The Labute approximate surface area is 133 Å². The second-order valence-electron chi connectivity index (χ2n) is 5.71. The van der Waals surface area contributed by atoms with Crippen LogP contribution in [0.5, 0.6) is 11.5 Å². The third kappa shape index (κ3) is 6.40. The van der Waals surface area contributed by atoms with Crippen LogP contribution in [0.4, 0.5) is 0 Å². The number of benzene rings is 1. The maximum absolute atomic E-state index is 6.15. The van der Waals surface area contributed by atoms with Gasteiger partial charge in [0.15, 0.2) is 11.5 Å². The zero-order valence-electron chi connectivity index (χ0n) is 13.6. The Morgan fingerprint density at radius 2 is 2.05 bits per heavy atom. The van der Waals surface area contributed by atoms with Crippen molar-refractivity contribution in [1.82, 2.24) is 5.32 Å². The Morgan fingerprint density at radius 3 is 2.62 bits per heavy atom. The Bertz CT molecular complexity index is 480. The van der Waals surface area contributed by atoms with Crippen molar-refractivity contribution in [3.05, 3.63) is 34.4 Å². The number of ether oxygens (including phenoxy) is 2. The third-order valence-electron chi connectivity index (χ3n) is 2.90. The van der Waals surface area contributed by atoms with Gasteiger partial charge in [-0.25, -0.2) is 0 Å². The standard InChI is InChI=1S/C17H26ClNO2/c1-12(2)6-7-21-17-14(11-19-10-13(3)4)8-15(18)9-16(17)20-5/h6,8-9,13,19H,7,10-11H2,1-5H3. The zero-order valence-corrected chi connectivity index (χ0v) is 14.4. The molecule has 0 bridgehead atoms. The molecule has 0 aliphatic carbocycles. The monoisotopic (exact) mass is 311 g/mol. The number of hydrogen-bond donors (Lipinski definition) is 1. The van der Waals surface area contributed by atoms with E-state index >= 15 is 0 Å². The van der Waals surface area contributed by atoms with Crippen molar-refractivity contribution in [1.29, 1.82) is 0 Å². The molecular formula is C17H26ClNO2. The van der Waals surface area contributed by atoms with Gasteiger partial charge in [0, 0.05) is 23.2 Å². The lowest BCUT2D eigenvalue weighted by atomic mass is 10.1. The van der Waals surface area contributed by atoms with Gasteiger partial charge in [-0.3, -0.25) is 0 Å². The summed E-state index contributed by atoms with van der Waals surface area (Å²) in [5, 5.41) is 4.06. The minimum Gasteiger partial charge on any atom is -0.493 e. The molecule has 4 heteroatoms. The highest BCUT2D eigenvalue weighted by Gasteiger charge is 2.12. The molecule has 0 aromatic heterocycles. The van der Waals surface area contributed by atoms with Gasteiger partial charge in [0.05, 0.1) is 7.11 Å². The van der Waals surface area contributed by atoms with Crippen molar-refractivity contribution in [3.63, 3.8) is 0 Å². The Balaban J connectivity index is 2.91. The SMILES string of the molecule is COc1cc(Cl)cc(CNCC(C)C)c1OCC=C(C)C. The summed E-state index contributed by atoms with van der Waals surface area (Å²) in [6, 6.07) is 3.71. The summed E-state index contributed by atoms with van der Waals surface area (Å²) < 4.78 is 11.3. The fourth-order valence-electron chi connectivity index (χ4n) is 1.86. The maximum Gasteiger partial charge on any atom is 0.166 e. The second kappa shape index (κ2) is 8.96. The summed E-state index contributed by atoms with van der Waals surface area (Å²) in [6.07, 6.45) is 2.04. The van der Waals surface area contributed by atoms with E-state index in [-0.39, 0.29) is 0 Å². The maximum atomic E-state index is 6.15. The van der Waals surface area contributed by atoms with Crippen molar-refractivity contribution in [2.45, 2.75) is 34.2 Å². The van der Waals surface area contributed by atoms with E-state index in [0.717, 1.165) is 17.9 Å². The molecule has 0 atom stereocenters. The summed E-state index contributed by atoms with van der Waals surface area (Å²) in [6.45, 7) is 10.6. The second-order valence-corrected chi connectivity index (χ2v) is 6.15. The van der Waals surface area contributed by atoms with Gasteiger partial charge in [-0.1, -0.05) is 31.0 Å². The van der Waals surface area contributed by atoms with Crippen LogP contribution in [0.15, 0.2) is 23.8 Å². The molecule has 1 aromatic rings. The average molecular weight is 312 g/mol. The number of rotatable bonds is 8. The van der Waals surface area contributed by atoms with Crippen LogP contribution in [0.3, 0.4) is 0 Å². The molecule has 21 heavy (non-hydrogen) atoms. The molecule has 0 fully saturated rings. The first-order chi connectivity index (χ1) is 9.93. The molecule has 0 spiro atoms.